The molecule has 0 radical (unpaired) electrons. The Labute approximate surface area is 144 Å². The zero-order valence-electron chi connectivity index (χ0n) is 13.7. The van der Waals surface area contributed by atoms with Crippen molar-refractivity contribution in [2.75, 3.05) is 5.01 Å². The molecule has 3 rings (SSSR count). The van der Waals surface area contributed by atoms with Gasteiger partial charge in [-0.15, -0.1) is 0 Å². The van der Waals surface area contributed by atoms with Gasteiger partial charge in [0.1, 0.15) is 11.5 Å². The highest BCUT2D eigenvalue weighted by atomic mass is 16.4. The number of nitrogens with one attached hydrogen (secondary N) is 1. The number of aliphatic carboxylic acids is 1. The molecule has 0 fully saturated rings. The zero-order chi connectivity index (χ0) is 17.8. The number of oxazole rings is 1. The van der Waals surface area contributed by atoms with Gasteiger partial charge in [0.2, 0.25) is 5.89 Å². The average Bonchev–Trinajstić information content (AvgIpc) is 3.27. The number of hydrogen-bond donors (Lipinski definition) is 2. The average molecular weight is 342 g/mol. The number of aromatic nitrogens is 1. The Morgan fingerprint density at radius 1 is 1.36 bits per heavy atom. The molecule has 1 aliphatic heterocycles. The number of benzene rings is 1. The third kappa shape index (κ3) is 3.68. The van der Waals surface area contributed by atoms with Crippen LogP contribution in [0.4, 0.5) is 5.69 Å². The summed E-state index contributed by atoms with van der Waals surface area (Å²) < 4.78 is 5.43. The summed E-state index contributed by atoms with van der Waals surface area (Å²) in [7, 11) is 0. The lowest BCUT2D eigenvalue weighted by atomic mass is 10.1. The van der Waals surface area contributed by atoms with E-state index in [2.05, 4.69) is 15.4 Å². The molecule has 8 heteroatoms. The fourth-order valence-electron chi connectivity index (χ4n) is 2.51. The van der Waals surface area contributed by atoms with Crippen molar-refractivity contribution in [1.82, 2.24) is 10.3 Å². The molecule has 1 unspecified atom stereocenters. The molecule has 2 heterocycles. The van der Waals surface area contributed by atoms with Crippen LogP contribution in [-0.2, 0) is 22.6 Å². The van der Waals surface area contributed by atoms with Crippen molar-refractivity contribution >= 4 is 23.3 Å². The molecule has 1 aliphatic rings. The summed E-state index contributed by atoms with van der Waals surface area (Å²) in [4.78, 5) is 27.9. The highest BCUT2D eigenvalue weighted by Crippen LogP contribution is 2.24. The molecule has 1 atom stereocenters. The number of carbonyl (C=O) groups is 2. The van der Waals surface area contributed by atoms with Crippen LogP contribution in [0.15, 0.2) is 46.0 Å². The molecule has 1 aromatic heterocycles. The number of para-hydroxylation sites is 1. The van der Waals surface area contributed by atoms with E-state index in [0.717, 1.165) is 12.2 Å². The largest absolute Gasteiger partial charge is 0.480 e. The predicted molar refractivity (Wildman–Crippen MR) is 90.1 cm³/mol. The van der Waals surface area contributed by atoms with Gasteiger partial charge in [-0.2, -0.15) is 5.10 Å². The van der Waals surface area contributed by atoms with Crippen LogP contribution in [0.5, 0.6) is 0 Å². The Morgan fingerprint density at radius 3 is 2.76 bits per heavy atom. The van der Waals surface area contributed by atoms with Gasteiger partial charge in [0.05, 0.1) is 18.4 Å². The first kappa shape index (κ1) is 16.7. The van der Waals surface area contributed by atoms with Gasteiger partial charge in [0.25, 0.3) is 5.91 Å². The third-order valence-electron chi connectivity index (χ3n) is 3.83. The van der Waals surface area contributed by atoms with Gasteiger partial charge in [0, 0.05) is 12.8 Å². The molecule has 0 saturated carbocycles. The smallest absolute Gasteiger partial charge is 0.328 e. The number of amides is 1. The molecule has 0 spiro atoms. The second-order valence-electron chi connectivity index (χ2n) is 5.54. The highest BCUT2D eigenvalue weighted by Gasteiger charge is 2.36. The van der Waals surface area contributed by atoms with E-state index >= 15 is 0 Å². The monoisotopic (exact) mass is 342 g/mol. The normalized spacial score (nSPS) is 16.6. The van der Waals surface area contributed by atoms with Crippen LogP contribution >= 0.6 is 0 Å². The van der Waals surface area contributed by atoms with E-state index < -0.39 is 17.9 Å². The molecule has 0 aliphatic carbocycles. The predicted octanol–water partition coefficient (Wildman–Crippen LogP) is 1.57. The van der Waals surface area contributed by atoms with Crippen LogP contribution in [0.3, 0.4) is 0 Å². The van der Waals surface area contributed by atoms with E-state index in [-0.39, 0.29) is 18.7 Å². The first-order chi connectivity index (χ1) is 12.1. The molecule has 0 saturated heterocycles. The van der Waals surface area contributed by atoms with E-state index in [1.807, 2.05) is 13.0 Å². The summed E-state index contributed by atoms with van der Waals surface area (Å²) in [5, 5.41) is 17.6. The Balaban J connectivity index is 1.70. The number of carbonyl (C=O) groups excluding carboxylic acids is 1. The van der Waals surface area contributed by atoms with Crippen LogP contribution in [0.25, 0.3) is 0 Å². The van der Waals surface area contributed by atoms with Gasteiger partial charge in [-0.1, -0.05) is 25.1 Å². The molecular weight excluding hydrogens is 324 g/mol. The van der Waals surface area contributed by atoms with Gasteiger partial charge in [-0.25, -0.2) is 9.78 Å². The van der Waals surface area contributed by atoms with E-state index in [1.165, 1.54) is 5.01 Å². The van der Waals surface area contributed by atoms with E-state index in [0.29, 0.717) is 11.6 Å². The summed E-state index contributed by atoms with van der Waals surface area (Å²) in [6.45, 7) is 2.07. The molecule has 1 amide bonds. The van der Waals surface area contributed by atoms with Crippen LogP contribution in [0.1, 0.15) is 25.0 Å². The lowest BCUT2D eigenvalue weighted by Gasteiger charge is -2.19. The number of aryl methyl sites for hydroxylation is 1. The minimum atomic E-state index is -1.03. The minimum Gasteiger partial charge on any atom is -0.480 e. The van der Waals surface area contributed by atoms with Gasteiger partial charge in [-0.3, -0.25) is 9.80 Å². The van der Waals surface area contributed by atoms with Gasteiger partial charge < -0.3 is 14.8 Å². The molecule has 2 N–H and O–H groups in total. The van der Waals surface area contributed by atoms with Gasteiger partial charge >= 0.3 is 5.97 Å². The van der Waals surface area contributed by atoms with Crippen LogP contribution in [-0.4, -0.2) is 33.7 Å². The summed E-state index contributed by atoms with van der Waals surface area (Å²) >= 11 is 0. The van der Waals surface area contributed by atoms with Crippen LogP contribution in [0.2, 0.25) is 0 Å². The van der Waals surface area contributed by atoms with Crippen molar-refractivity contribution < 1.29 is 19.1 Å². The molecular formula is C17H18N4O4. The van der Waals surface area contributed by atoms with Crippen LogP contribution in [0, 0.1) is 0 Å². The van der Waals surface area contributed by atoms with Crippen molar-refractivity contribution in [3.05, 3.63) is 48.2 Å². The number of hydrogen-bond acceptors (Lipinski definition) is 6. The Morgan fingerprint density at radius 2 is 2.12 bits per heavy atom. The Kier molecular flexibility index (Phi) is 4.78. The van der Waals surface area contributed by atoms with E-state index in [1.54, 1.807) is 30.5 Å². The van der Waals surface area contributed by atoms with E-state index in [9.17, 15) is 14.7 Å². The maximum Gasteiger partial charge on any atom is 0.328 e. The summed E-state index contributed by atoms with van der Waals surface area (Å²) in [5.74, 6) is -0.321. The summed E-state index contributed by atoms with van der Waals surface area (Å²) in [6, 6.07) is 7.99. The third-order valence-corrected chi connectivity index (χ3v) is 3.83. The lowest BCUT2D eigenvalue weighted by Crippen LogP contribution is -2.35. The first-order valence-electron chi connectivity index (χ1n) is 7.94. The van der Waals surface area contributed by atoms with Crippen molar-refractivity contribution in [2.24, 2.45) is 5.10 Å². The van der Waals surface area contributed by atoms with Gasteiger partial charge in [-0.05, 0) is 12.1 Å². The highest BCUT2D eigenvalue weighted by molar-refractivity contribution is 6.40. The quantitative estimate of drug-likeness (QED) is 0.825. The van der Waals surface area contributed by atoms with Crippen molar-refractivity contribution in [3.63, 3.8) is 0 Å². The number of nitrogens with zero attached hydrogens (tertiary/aromatic N) is 3. The fraction of sp³-hybridized carbons (Fsp3) is 0.294. The standard InChI is InChI=1S/C17H18N4O4/c1-2-12-9-18-15(25-12)10-19-16(22)13-8-14(17(23)24)21(20-13)11-6-4-3-5-7-11/h3-7,9,14H,2,8,10H2,1H3,(H,19,22)(H,23,24). The maximum atomic E-state index is 12.3. The SMILES string of the molecule is CCc1cnc(CNC(=O)C2=NN(c3ccccc3)C(C(=O)O)C2)o1. The van der Waals surface area contributed by atoms with Crippen molar-refractivity contribution in [3.8, 4) is 0 Å². The summed E-state index contributed by atoms with van der Waals surface area (Å²) in [5.41, 5.74) is 0.788. The topological polar surface area (TPSA) is 108 Å². The summed E-state index contributed by atoms with van der Waals surface area (Å²) in [6.07, 6.45) is 2.37. The minimum absolute atomic E-state index is 0.0296. The Hall–Kier alpha value is -3.16. The first-order valence-corrected chi connectivity index (χ1v) is 7.94. The Bertz CT molecular complexity index is 800. The van der Waals surface area contributed by atoms with Crippen LogP contribution < -0.4 is 10.3 Å². The maximum absolute atomic E-state index is 12.3. The molecule has 25 heavy (non-hydrogen) atoms. The second kappa shape index (κ2) is 7.16. The number of carboxylic acid groups (broad SMARTS) is 1. The van der Waals surface area contributed by atoms with Crippen molar-refractivity contribution in [1.29, 1.82) is 0 Å². The molecule has 8 nitrogen and oxygen atoms in total. The number of hydrazone groups is 1. The molecule has 0 bridgehead atoms. The zero-order valence-corrected chi connectivity index (χ0v) is 13.7. The van der Waals surface area contributed by atoms with E-state index in [4.69, 9.17) is 4.42 Å². The lowest BCUT2D eigenvalue weighted by molar-refractivity contribution is -0.138. The second-order valence-corrected chi connectivity index (χ2v) is 5.54. The fourth-order valence-corrected chi connectivity index (χ4v) is 2.51. The molecule has 1 aromatic carbocycles. The van der Waals surface area contributed by atoms with Gasteiger partial charge in [0.15, 0.2) is 6.04 Å². The number of carboxylic acids is 1. The molecule has 2 aromatic rings. The van der Waals surface area contributed by atoms with Crippen molar-refractivity contribution in [2.45, 2.75) is 32.4 Å². The number of rotatable bonds is 6. The molecule has 130 valence electrons. The number of anilines is 1.